The Balaban J connectivity index is 2.27. The van der Waals surface area contributed by atoms with Gasteiger partial charge in [0, 0.05) is 28.0 Å². The molecule has 0 unspecified atom stereocenters. The normalized spacial score (nSPS) is 14.2. The Morgan fingerprint density at radius 3 is 2.60 bits per heavy atom. The molecule has 0 aliphatic heterocycles. The second-order valence-corrected chi connectivity index (χ2v) is 6.44. The van der Waals surface area contributed by atoms with Crippen LogP contribution in [0.5, 0.6) is 0 Å². The minimum Gasteiger partial charge on any atom is -0.358 e. The molecule has 0 heterocycles. The standard InChI is InChI=1S/C16H21BrN2O/c1-11-13(10-20)7-14(8-15(11)17)18-16(9-19(2)3)12-5-4-6-12/h7-8,10,18H,4-6,9H2,1-3H3. The van der Waals surface area contributed by atoms with E-state index in [1.165, 1.54) is 30.5 Å². The number of rotatable bonds is 5. The zero-order valence-electron chi connectivity index (χ0n) is 12.3. The lowest BCUT2D eigenvalue weighted by Crippen LogP contribution is -2.22. The molecule has 108 valence electrons. The molecule has 0 bridgehead atoms. The number of likely N-dealkylation sites (N-methyl/N-ethyl adjacent to an activating group) is 1. The van der Waals surface area contributed by atoms with E-state index in [1.54, 1.807) is 0 Å². The molecule has 1 aromatic carbocycles. The molecule has 1 aliphatic rings. The smallest absolute Gasteiger partial charge is 0.150 e. The Labute approximate surface area is 129 Å². The highest BCUT2D eigenvalue weighted by Crippen LogP contribution is 2.31. The van der Waals surface area contributed by atoms with Crippen molar-refractivity contribution in [2.45, 2.75) is 26.2 Å². The molecule has 1 aromatic rings. The minimum absolute atomic E-state index is 0.727. The van der Waals surface area contributed by atoms with Gasteiger partial charge in [-0.15, -0.1) is 0 Å². The summed E-state index contributed by atoms with van der Waals surface area (Å²) in [5, 5.41) is 3.50. The lowest BCUT2D eigenvalue weighted by molar-refractivity contribution is 0.112. The Morgan fingerprint density at radius 2 is 2.10 bits per heavy atom. The largest absolute Gasteiger partial charge is 0.358 e. The van der Waals surface area contributed by atoms with Crippen LogP contribution in [-0.4, -0.2) is 31.8 Å². The van der Waals surface area contributed by atoms with Gasteiger partial charge >= 0.3 is 0 Å². The number of aldehydes is 1. The van der Waals surface area contributed by atoms with Crippen molar-refractivity contribution in [1.82, 2.24) is 4.90 Å². The van der Waals surface area contributed by atoms with Gasteiger partial charge in [-0.3, -0.25) is 4.79 Å². The average molecular weight is 337 g/mol. The van der Waals surface area contributed by atoms with E-state index in [9.17, 15) is 4.79 Å². The SMILES string of the molecule is Cc1c(Br)cc(NC(CN(C)C)=C2CCC2)cc1C=O. The quantitative estimate of drug-likeness (QED) is 0.825. The summed E-state index contributed by atoms with van der Waals surface area (Å²) in [6, 6.07) is 3.96. The van der Waals surface area contributed by atoms with E-state index in [0.717, 1.165) is 34.1 Å². The number of anilines is 1. The van der Waals surface area contributed by atoms with Crippen LogP contribution >= 0.6 is 15.9 Å². The number of nitrogens with zero attached hydrogens (tertiary/aromatic N) is 1. The van der Waals surface area contributed by atoms with Crippen LogP contribution in [0.25, 0.3) is 0 Å². The van der Waals surface area contributed by atoms with Gasteiger partial charge in [0.15, 0.2) is 0 Å². The second kappa shape index (κ2) is 6.55. The fourth-order valence-electron chi connectivity index (χ4n) is 2.28. The number of allylic oxidation sites excluding steroid dienone is 1. The number of carbonyl (C=O) groups excluding carboxylic acids is 1. The van der Waals surface area contributed by atoms with E-state index in [2.05, 4.69) is 40.2 Å². The predicted octanol–water partition coefficient (Wildman–Crippen LogP) is 3.98. The molecule has 0 atom stereocenters. The summed E-state index contributed by atoms with van der Waals surface area (Å²) in [7, 11) is 4.14. The van der Waals surface area contributed by atoms with E-state index in [0.29, 0.717) is 0 Å². The molecule has 20 heavy (non-hydrogen) atoms. The fraction of sp³-hybridized carbons (Fsp3) is 0.438. The van der Waals surface area contributed by atoms with Gasteiger partial charge in [0.25, 0.3) is 0 Å². The first-order valence-electron chi connectivity index (χ1n) is 6.89. The molecule has 4 heteroatoms. The molecule has 3 nitrogen and oxygen atoms in total. The van der Waals surface area contributed by atoms with E-state index in [1.807, 2.05) is 19.1 Å². The van der Waals surface area contributed by atoms with Gasteiger partial charge in [-0.25, -0.2) is 0 Å². The van der Waals surface area contributed by atoms with Crippen LogP contribution in [0.1, 0.15) is 35.2 Å². The van der Waals surface area contributed by atoms with Crippen LogP contribution in [0.3, 0.4) is 0 Å². The Morgan fingerprint density at radius 1 is 1.40 bits per heavy atom. The van der Waals surface area contributed by atoms with Crippen molar-refractivity contribution in [2.75, 3.05) is 26.0 Å². The highest BCUT2D eigenvalue weighted by molar-refractivity contribution is 9.10. The highest BCUT2D eigenvalue weighted by atomic mass is 79.9. The van der Waals surface area contributed by atoms with E-state index < -0.39 is 0 Å². The third kappa shape index (κ3) is 3.49. The van der Waals surface area contributed by atoms with Crippen molar-refractivity contribution in [3.63, 3.8) is 0 Å². The molecular formula is C16H21BrN2O. The van der Waals surface area contributed by atoms with E-state index in [4.69, 9.17) is 0 Å². The third-order valence-electron chi connectivity index (χ3n) is 3.66. The van der Waals surface area contributed by atoms with Gasteiger partial charge < -0.3 is 10.2 Å². The lowest BCUT2D eigenvalue weighted by Gasteiger charge is -2.25. The second-order valence-electron chi connectivity index (χ2n) is 5.59. The zero-order chi connectivity index (χ0) is 14.7. The van der Waals surface area contributed by atoms with Crippen LogP contribution in [0, 0.1) is 6.92 Å². The number of hydrogen-bond acceptors (Lipinski definition) is 3. The molecule has 0 aromatic heterocycles. The molecule has 0 radical (unpaired) electrons. The van der Waals surface area contributed by atoms with Gasteiger partial charge in [-0.2, -0.15) is 0 Å². The number of benzene rings is 1. The van der Waals surface area contributed by atoms with Gasteiger partial charge in [0.1, 0.15) is 6.29 Å². The molecule has 2 rings (SSSR count). The van der Waals surface area contributed by atoms with Gasteiger partial charge in [0.2, 0.25) is 0 Å². The van der Waals surface area contributed by atoms with Crippen LogP contribution < -0.4 is 5.32 Å². The summed E-state index contributed by atoms with van der Waals surface area (Å²) in [4.78, 5) is 13.3. The molecule has 0 spiro atoms. The maximum Gasteiger partial charge on any atom is 0.150 e. The number of nitrogens with one attached hydrogen (secondary N) is 1. The first kappa shape index (κ1) is 15.3. The maximum atomic E-state index is 11.1. The number of carbonyl (C=O) groups is 1. The van der Waals surface area contributed by atoms with Crippen LogP contribution in [-0.2, 0) is 0 Å². The molecule has 1 aliphatic carbocycles. The molecule has 1 fully saturated rings. The van der Waals surface area contributed by atoms with Crippen molar-refractivity contribution in [3.8, 4) is 0 Å². The third-order valence-corrected chi connectivity index (χ3v) is 4.49. The van der Waals surface area contributed by atoms with Crippen molar-refractivity contribution in [1.29, 1.82) is 0 Å². The summed E-state index contributed by atoms with van der Waals surface area (Å²) >= 11 is 3.52. The van der Waals surface area contributed by atoms with Gasteiger partial charge in [-0.05, 0) is 63.6 Å². The fourth-order valence-corrected chi connectivity index (χ4v) is 2.76. The van der Waals surface area contributed by atoms with Gasteiger partial charge in [-0.1, -0.05) is 15.9 Å². The summed E-state index contributed by atoms with van der Waals surface area (Å²) in [5.41, 5.74) is 5.46. The summed E-state index contributed by atoms with van der Waals surface area (Å²) < 4.78 is 0.965. The first-order chi connectivity index (χ1) is 9.51. The average Bonchev–Trinajstić information content (AvgIpc) is 2.30. The van der Waals surface area contributed by atoms with E-state index in [-0.39, 0.29) is 0 Å². The monoisotopic (exact) mass is 336 g/mol. The summed E-state index contributed by atoms with van der Waals surface area (Å²) in [6.45, 7) is 2.85. The van der Waals surface area contributed by atoms with Crippen LogP contribution in [0.2, 0.25) is 0 Å². The lowest BCUT2D eigenvalue weighted by atomic mass is 9.90. The van der Waals surface area contributed by atoms with Crippen LogP contribution in [0.15, 0.2) is 27.9 Å². The van der Waals surface area contributed by atoms with Crippen molar-refractivity contribution in [3.05, 3.63) is 39.0 Å². The zero-order valence-corrected chi connectivity index (χ0v) is 13.9. The van der Waals surface area contributed by atoms with Crippen molar-refractivity contribution in [2.24, 2.45) is 0 Å². The van der Waals surface area contributed by atoms with Crippen molar-refractivity contribution >= 4 is 27.9 Å². The predicted molar refractivity (Wildman–Crippen MR) is 87.3 cm³/mol. The molecule has 1 N–H and O–H groups in total. The summed E-state index contributed by atoms with van der Waals surface area (Å²) in [5.74, 6) is 0. The Hall–Kier alpha value is -1.13. The molecular weight excluding hydrogens is 316 g/mol. The van der Waals surface area contributed by atoms with Crippen molar-refractivity contribution < 1.29 is 4.79 Å². The molecule has 0 amide bonds. The number of hydrogen-bond donors (Lipinski definition) is 1. The van der Waals surface area contributed by atoms with Crippen LogP contribution in [0.4, 0.5) is 5.69 Å². The maximum absolute atomic E-state index is 11.1. The van der Waals surface area contributed by atoms with Gasteiger partial charge in [0.05, 0.1) is 0 Å². The first-order valence-corrected chi connectivity index (χ1v) is 7.68. The Bertz CT molecular complexity index is 544. The Kier molecular flexibility index (Phi) is 5.00. The number of halogens is 1. The summed E-state index contributed by atoms with van der Waals surface area (Å²) in [6.07, 6.45) is 4.56. The highest BCUT2D eigenvalue weighted by Gasteiger charge is 2.16. The molecule has 1 saturated carbocycles. The minimum atomic E-state index is 0.727. The van der Waals surface area contributed by atoms with E-state index >= 15 is 0 Å². The topological polar surface area (TPSA) is 32.3 Å². The molecule has 0 saturated heterocycles.